The summed E-state index contributed by atoms with van der Waals surface area (Å²) in [4.78, 5) is 14.4. The van der Waals surface area contributed by atoms with Crippen LogP contribution in [0.1, 0.15) is 29.5 Å². The molecule has 0 bridgehead atoms. The summed E-state index contributed by atoms with van der Waals surface area (Å²) in [5.74, 6) is 0.130. The summed E-state index contributed by atoms with van der Waals surface area (Å²) >= 11 is 0. The topological polar surface area (TPSA) is 32.3 Å². The van der Waals surface area contributed by atoms with Crippen molar-refractivity contribution in [3.05, 3.63) is 28.8 Å². The lowest BCUT2D eigenvalue weighted by Gasteiger charge is -2.20. The van der Waals surface area contributed by atoms with Crippen LogP contribution in [0.3, 0.4) is 0 Å². The Morgan fingerprint density at radius 1 is 1.28 bits per heavy atom. The number of carbonyl (C=O) groups excluding carboxylic acids is 1. The molecule has 0 aliphatic carbocycles. The summed E-state index contributed by atoms with van der Waals surface area (Å²) in [7, 11) is 2.02. The van der Waals surface area contributed by atoms with E-state index >= 15 is 0 Å². The van der Waals surface area contributed by atoms with E-state index < -0.39 is 0 Å². The first kappa shape index (κ1) is 13.1. The number of likely N-dealkylation sites (tertiary alicyclic amines) is 1. The smallest absolute Gasteiger partial charge is 0.241 e. The molecule has 1 saturated heterocycles. The first-order valence-corrected chi connectivity index (χ1v) is 6.58. The van der Waals surface area contributed by atoms with Gasteiger partial charge < -0.3 is 5.32 Å². The van der Waals surface area contributed by atoms with E-state index in [1.807, 2.05) is 20.9 Å². The number of hydrogen-bond acceptors (Lipinski definition) is 2. The van der Waals surface area contributed by atoms with Crippen LogP contribution in [0.5, 0.6) is 0 Å². The summed E-state index contributed by atoms with van der Waals surface area (Å²) in [6, 6.07) is 4.26. The van der Waals surface area contributed by atoms with Gasteiger partial charge in [0.25, 0.3) is 0 Å². The largest absolute Gasteiger partial charge is 0.324 e. The number of nitrogens with zero attached hydrogens (tertiary/aromatic N) is 1. The number of aryl methyl sites for hydroxylation is 3. The molecule has 3 nitrogen and oxygen atoms in total. The molecule has 0 aromatic heterocycles. The van der Waals surface area contributed by atoms with Crippen LogP contribution in [0.15, 0.2) is 12.1 Å². The van der Waals surface area contributed by atoms with Crippen molar-refractivity contribution in [3.8, 4) is 0 Å². The number of nitrogens with one attached hydrogen (secondary N) is 1. The minimum absolute atomic E-state index is 0.0325. The first-order chi connectivity index (χ1) is 8.49. The Hall–Kier alpha value is -1.35. The van der Waals surface area contributed by atoms with Crippen LogP contribution in [-0.4, -0.2) is 30.4 Å². The van der Waals surface area contributed by atoms with Crippen LogP contribution in [0, 0.1) is 20.8 Å². The molecule has 1 N–H and O–H groups in total. The highest BCUT2D eigenvalue weighted by Crippen LogP contribution is 2.24. The van der Waals surface area contributed by atoms with Gasteiger partial charge in [-0.3, -0.25) is 9.69 Å². The van der Waals surface area contributed by atoms with Crippen molar-refractivity contribution in [3.63, 3.8) is 0 Å². The van der Waals surface area contributed by atoms with E-state index in [0.29, 0.717) is 0 Å². The van der Waals surface area contributed by atoms with Crippen LogP contribution >= 0.6 is 0 Å². The van der Waals surface area contributed by atoms with Crippen LogP contribution in [0.4, 0.5) is 5.69 Å². The minimum atomic E-state index is 0.0325. The van der Waals surface area contributed by atoms with Gasteiger partial charge >= 0.3 is 0 Å². The molecule has 0 spiro atoms. The fourth-order valence-corrected chi connectivity index (χ4v) is 2.83. The summed E-state index contributed by atoms with van der Waals surface area (Å²) in [6.45, 7) is 7.20. The molecule has 98 valence electrons. The van der Waals surface area contributed by atoms with Crippen molar-refractivity contribution in [1.29, 1.82) is 0 Å². The zero-order chi connectivity index (χ0) is 13.3. The highest BCUT2D eigenvalue weighted by atomic mass is 16.2. The maximum Gasteiger partial charge on any atom is 0.241 e. The molecular weight excluding hydrogens is 224 g/mol. The maximum atomic E-state index is 12.3. The van der Waals surface area contributed by atoms with Crippen molar-refractivity contribution in [1.82, 2.24) is 4.90 Å². The Morgan fingerprint density at radius 2 is 1.89 bits per heavy atom. The summed E-state index contributed by atoms with van der Waals surface area (Å²) in [5, 5.41) is 3.10. The molecule has 1 atom stereocenters. The van der Waals surface area contributed by atoms with E-state index in [1.54, 1.807) is 0 Å². The van der Waals surface area contributed by atoms with E-state index in [4.69, 9.17) is 0 Å². The van der Waals surface area contributed by atoms with Crippen LogP contribution in [-0.2, 0) is 4.79 Å². The van der Waals surface area contributed by atoms with Gasteiger partial charge in [-0.05, 0) is 58.3 Å². The molecule has 1 aliphatic heterocycles. The van der Waals surface area contributed by atoms with Gasteiger partial charge in [-0.25, -0.2) is 0 Å². The number of hydrogen-bond donors (Lipinski definition) is 1. The number of carbonyl (C=O) groups is 1. The third kappa shape index (κ3) is 2.56. The number of benzene rings is 1. The molecule has 0 radical (unpaired) electrons. The summed E-state index contributed by atoms with van der Waals surface area (Å²) in [5.41, 5.74) is 4.50. The molecule has 18 heavy (non-hydrogen) atoms. The lowest BCUT2D eigenvalue weighted by molar-refractivity contribution is -0.119. The second-order valence-electron chi connectivity index (χ2n) is 5.40. The second kappa shape index (κ2) is 5.11. The number of rotatable bonds is 2. The van der Waals surface area contributed by atoms with Gasteiger partial charge in [-0.1, -0.05) is 17.7 Å². The van der Waals surface area contributed by atoms with Crippen molar-refractivity contribution < 1.29 is 4.79 Å². The van der Waals surface area contributed by atoms with E-state index in [0.717, 1.165) is 36.2 Å². The van der Waals surface area contributed by atoms with Gasteiger partial charge in [0.1, 0.15) is 0 Å². The second-order valence-corrected chi connectivity index (χ2v) is 5.40. The van der Waals surface area contributed by atoms with Crippen LogP contribution in [0.25, 0.3) is 0 Å². The Balaban J connectivity index is 2.17. The molecule has 1 heterocycles. The fraction of sp³-hybridized carbons (Fsp3) is 0.533. The zero-order valence-electron chi connectivity index (χ0n) is 11.7. The lowest BCUT2D eigenvalue weighted by Crippen LogP contribution is -2.37. The van der Waals surface area contributed by atoms with Gasteiger partial charge in [0.05, 0.1) is 6.04 Å². The SMILES string of the molecule is Cc1cc(C)c(NC(=O)[C@@H]2CCCN2C)c(C)c1. The first-order valence-electron chi connectivity index (χ1n) is 6.58. The molecule has 2 rings (SSSR count). The highest BCUT2D eigenvalue weighted by Gasteiger charge is 2.28. The quantitative estimate of drug-likeness (QED) is 0.870. The van der Waals surface area contributed by atoms with Gasteiger partial charge in [-0.2, -0.15) is 0 Å². The molecule has 0 saturated carbocycles. The lowest BCUT2D eigenvalue weighted by atomic mass is 10.0. The molecule has 1 aromatic rings. The average Bonchev–Trinajstić information content (AvgIpc) is 2.69. The predicted octanol–water partition coefficient (Wildman–Crippen LogP) is 2.64. The van der Waals surface area contributed by atoms with Gasteiger partial charge in [-0.15, -0.1) is 0 Å². The summed E-state index contributed by atoms with van der Waals surface area (Å²) in [6.07, 6.45) is 2.08. The molecule has 1 fully saturated rings. The molecule has 1 amide bonds. The Labute approximate surface area is 109 Å². The maximum absolute atomic E-state index is 12.3. The third-order valence-electron chi connectivity index (χ3n) is 3.75. The van der Waals surface area contributed by atoms with Crippen molar-refractivity contribution >= 4 is 11.6 Å². The zero-order valence-corrected chi connectivity index (χ0v) is 11.7. The van der Waals surface area contributed by atoms with Crippen molar-refractivity contribution in [2.45, 2.75) is 39.7 Å². The molecule has 1 aromatic carbocycles. The predicted molar refractivity (Wildman–Crippen MR) is 74.9 cm³/mol. The number of likely N-dealkylation sites (N-methyl/N-ethyl adjacent to an activating group) is 1. The highest BCUT2D eigenvalue weighted by molar-refractivity contribution is 5.96. The Bertz CT molecular complexity index is 445. The van der Waals surface area contributed by atoms with E-state index in [2.05, 4.69) is 29.3 Å². The molecule has 0 unspecified atom stereocenters. The molecular formula is C15H22N2O. The number of anilines is 1. The Kier molecular flexibility index (Phi) is 3.71. The number of amides is 1. The standard InChI is InChI=1S/C15H22N2O/c1-10-8-11(2)14(12(3)9-10)16-15(18)13-6-5-7-17(13)4/h8-9,13H,5-7H2,1-4H3,(H,16,18)/t13-/m0/s1. The fourth-order valence-electron chi connectivity index (χ4n) is 2.83. The monoisotopic (exact) mass is 246 g/mol. The minimum Gasteiger partial charge on any atom is -0.324 e. The van der Waals surface area contributed by atoms with Gasteiger partial charge in [0, 0.05) is 5.69 Å². The van der Waals surface area contributed by atoms with E-state index in [9.17, 15) is 4.79 Å². The average molecular weight is 246 g/mol. The van der Waals surface area contributed by atoms with Crippen molar-refractivity contribution in [2.24, 2.45) is 0 Å². The van der Waals surface area contributed by atoms with Crippen LogP contribution in [0.2, 0.25) is 0 Å². The molecule has 3 heteroatoms. The normalized spacial score (nSPS) is 20.1. The van der Waals surface area contributed by atoms with Crippen molar-refractivity contribution in [2.75, 3.05) is 18.9 Å². The van der Waals surface area contributed by atoms with Crippen LogP contribution < -0.4 is 5.32 Å². The third-order valence-corrected chi connectivity index (χ3v) is 3.75. The Morgan fingerprint density at radius 3 is 2.39 bits per heavy atom. The van der Waals surface area contributed by atoms with E-state index in [1.165, 1.54) is 5.56 Å². The van der Waals surface area contributed by atoms with Gasteiger partial charge in [0.15, 0.2) is 0 Å². The van der Waals surface area contributed by atoms with E-state index in [-0.39, 0.29) is 11.9 Å². The molecule has 1 aliphatic rings. The van der Waals surface area contributed by atoms with Gasteiger partial charge in [0.2, 0.25) is 5.91 Å². The summed E-state index contributed by atoms with van der Waals surface area (Å²) < 4.78 is 0.